The second-order valence-corrected chi connectivity index (χ2v) is 6.15. The van der Waals surface area contributed by atoms with Gasteiger partial charge in [-0.25, -0.2) is 9.67 Å². The lowest BCUT2D eigenvalue weighted by atomic mass is 10.2. The highest BCUT2D eigenvalue weighted by Gasteiger charge is 2.15. The minimum Gasteiger partial charge on any atom is -0.336 e. The highest BCUT2D eigenvalue weighted by molar-refractivity contribution is 6.06. The summed E-state index contributed by atoms with van der Waals surface area (Å²) < 4.78 is 6.91. The maximum atomic E-state index is 12.7. The standard InChI is InChI=1S/C19H17N5O2/c1-11-8-12(2)24(22-11)17-7-5-4-6-16(17)21-18(25)14-9-15-13(3)23-26-19(15)20-10-14/h4-10H,1-3H3,(H,21,25). The van der Waals surface area contributed by atoms with Crippen LogP contribution in [0.3, 0.4) is 0 Å². The average molecular weight is 347 g/mol. The highest BCUT2D eigenvalue weighted by Crippen LogP contribution is 2.23. The number of nitrogens with one attached hydrogen (secondary N) is 1. The third-order valence-electron chi connectivity index (χ3n) is 4.16. The topological polar surface area (TPSA) is 85.8 Å². The molecule has 3 heterocycles. The van der Waals surface area contributed by atoms with Crippen LogP contribution < -0.4 is 5.32 Å². The summed E-state index contributed by atoms with van der Waals surface area (Å²) in [5.41, 5.74) is 4.94. The largest absolute Gasteiger partial charge is 0.336 e. The molecule has 1 N–H and O–H groups in total. The third kappa shape index (κ3) is 2.73. The summed E-state index contributed by atoms with van der Waals surface area (Å²) in [5.74, 6) is -0.256. The Hall–Kier alpha value is -3.48. The molecule has 0 aliphatic heterocycles. The first-order valence-corrected chi connectivity index (χ1v) is 8.19. The monoisotopic (exact) mass is 347 g/mol. The molecule has 130 valence electrons. The number of amides is 1. The van der Waals surface area contributed by atoms with Crippen LogP contribution in [-0.4, -0.2) is 25.8 Å². The SMILES string of the molecule is Cc1cc(C)n(-c2ccccc2NC(=O)c2cnc3onc(C)c3c2)n1. The van der Waals surface area contributed by atoms with Gasteiger partial charge in [-0.1, -0.05) is 17.3 Å². The van der Waals surface area contributed by atoms with Crippen LogP contribution in [0.1, 0.15) is 27.4 Å². The summed E-state index contributed by atoms with van der Waals surface area (Å²) in [4.78, 5) is 16.9. The molecule has 4 aromatic rings. The van der Waals surface area contributed by atoms with Crippen molar-refractivity contribution < 1.29 is 9.32 Å². The summed E-state index contributed by atoms with van der Waals surface area (Å²) in [6.45, 7) is 5.73. The van der Waals surface area contributed by atoms with Crippen molar-refractivity contribution in [3.05, 3.63) is 65.2 Å². The van der Waals surface area contributed by atoms with E-state index in [1.54, 1.807) is 6.07 Å². The van der Waals surface area contributed by atoms with Gasteiger partial charge in [0.25, 0.3) is 11.6 Å². The van der Waals surface area contributed by atoms with Crippen molar-refractivity contribution in [2.75, 3.05) is 5.32 Å². The molecule has 3 aromatic heterocycles. The van der Waals surface area contributed by atoms with Crippen molar-refractivity contribution in [3.63, 3.8) is 0 Å². The molecule has 0 bridgehead atoms. The van der Waals surface area contributed by atoms with Gasteiger partial charge in [0, 0.05) is 11.9 Å². The Morgan fingerprint density at radius 1 is 1.15 bits per heavy atom. The Morgan fingerprint density at radius 2 is 1.96 bits per heavy atom. The van der Waals surface area contributed by atoms with Crippen molar-refractivity contribution in [1.82, 2.24) is 19.9 Å². The van der Waals surface area contributed by atoms with Gasteiger partial charge in [0.2, 0.25) is 0 Å². The second-order valence-electron chi connectivity index (χ2n) is 6.15. The number of carbonyl (C=O) groups excluding carboxylic acids is 1. The molecular formula is C19H17N5O2. The maximum Gasteiger partial charge on any atom is 0.257 e. The van der Waals surface area contributed by atoms with E-state index in [4.69, 9.17) is 4.52 Å². The Morgan fingerprint density at radius 3 is 2.73 bits per heavy atom. The van der Waals surface area contributed by atoms with Crippen LogP contribution in [0.15, 0.2) is 47.1 Å². The number of carbonyl (C=O) groups is 1. The maximum absolute atomic E-state index is 12.7. The van der Waals surface area contributed by atoms with Gasteiger partial charge >= 0.3 is 0 Å². The smallest absolute Gasteiger partial charge is 0.257 e. The van der Waals surface area contributed by atoms with E-state index in [-0.39, 0.29) is 5.91 Å². The van der Waals surface area contributed by atoms with Gasteiger partial charge in [0.15, 0.2) is 0 Å². The van der Waals surface area contributed by atoms with Crippen LogP contribution in [-0.2, 0) is 0 Å². The lowest BCUT2D eigenvalue weighted by Crippen LogP contribution is -2.14. The fraction of sp³-hybridized carbons (Fsp3) is 0.158. The number of pyridine rings is 1. The van der Waals surface area contributed by atoms with Crippen molar-refractivity contribution in [2.45, 2.75) is 20.8 Å². The molecule has 1 aromatic carbocycles. The molecule has 0 atom stereocenters. The van der Waals surface area contributed by atoms with Crippen LogP contribution in [0.4, 0.5) is 5.69 Å². The van der Waals surface area contributed by atoms with Crippen molar-refractivity contribution in [2.24, 2.45) is 0 Å². The Labute approximate surface area is 149 Å². The van der Waals surface area contributed by atoms with E-state index < -0.39 is 0 Å². The molecule has 0 spiro atoms. The number of aromatic nitrogens is 4. The Kier molecular flexibility index (Phi) is 3.76. The quantitative estimate of drug-likeness (QED) is 0.612. The number of anilines is 1. The number of para-hydroxylation sites is 2. The molecule has 0 fully saturated rings. The molecule has 0 radical (unpaired) electrons. The van der Waals surface area contributed by atoms with E-state index in [0.29, 0.717) is 22.7 Å². The van der Waals surface area contributed by atoms with Crippen LogP contribution in [0, 0.1) is 20.8 Å². The number of fused-ring (bicyclic) bond motifs is 1. The van der Waals surface area contributed by atoms with Gasteiger partial charge in [-0.15, -0.1) is 0 Å². The summed E-state index contributed by atoms with van der Waals surface area (Å²) >= 11 is 0. The first-order valence-electron chi connectivity index (χ1n) is 8.19. The fourth-order valence-corrected chi connectivity index (χ4v) is 2.90. The average Bonchev–Trinajstić information content (AvgIpc) is 3.17. The van der Waals surface area contributed by atoms with E-state index in [2.05, 4.69) is 20.6 Å². The number of hydrogen-bond donors (Lipinski definition) is 1. The zero-order valence-corrected chi connectivity index (χ0v) is 14.6. The number of aryl methyl sites for hydroxylation is 3. The summed E-state index contributed by atoms with van der Waals surface area (Å²) in [6, 6.07) is 11.3. The molecule has 7 heteroatoms. The molecule has 0 saturated carbocycles. The molecule has 0 saturated heterocycles. The Bertz CT molecular complexity index is 1130. The van der Waals surface area contributed by atoms with Crippen molar-refractivity contribution in [1.29, 1.82) is 0 Å². The van der Waals surface area contributed by atoms with Gasteiger partial charge in [-0.3, -0.25) is 4.79 Å². The molecule has 0 aliphatic rings. The first kappa shape index (κ1) is 16.0. The third-order valence-corrected chi connectivity index (χ3v) is 4.16. The number of benzene rings is 1. The van der Waals surface area contributed by atoms with Crippen LogP contribution in [0.5, 0.6) is 0 Å². The molecule has 1 amide bonds. The molecule has 7 nitrogen and oxygen atoms in total. The molecule has 4 rings (SSSR count). The minimum absolute atomic E-state index is 0.256. The van der Waals surface area contributed by atoms with Gasteiger partial charge in [0.05, 0.1) is 33.7 Å². The predicted octanol–water partition coefficient (Wildman–Crippen LogP) is 3.59. The first-order chi connectivity index (χ1) is 12.5. The normalized spacial score (nSPS) is 11.0. The summed E-state index contributed by atoms with van der Waals surface area (Å²) in [6.07, 6.45) is 1.48. The number of hydrogen-bond acceptors (Lipinski definition) is 5. The van der Waals surface area contributed by atoms with Gasteiger partial charge in [-0.05, 0) is 45.0 Å². The second kappa shape index (κ2) is 6.11. The number of nitrogens with zero attached hydrogens (tertiary/aromatic N) is 4. The van der Waals surface area contributed by atoms with E-state index >= 15 is 0 Å². The lowest BCUT2D eigenvalue weighted by molar-refractivity contribution is 0.102. The number of rotatable bonds is 3. The van der Waals surface area contributed by atoms with Gasteiger partial charge < -0.3 is 9.84 Å². The van der Waals surface area contributed by atoms with Crippen molar-refractivity contribution >= 4 is 22.7 Å². The van der Waals surface area contributed by atoms with Crippen LogP contribution in [0.25, 0.3) is 16.8 Å². The molecule has 0 unspecified atom stereocenters. The summed E-state index contributed by atoms with van der Waals surface area (Å²) in [5, 5.41) is 12.0. The Balaban J connectivity index is 1.69. The van der Waals surface area contributed by atoms with E-state index in [1.807, 2.05) is 55.8 Å². The zero-order valence-electron chi connectivity index (χ0n) is 14.6. The van der Waals surface area contributed by atoms with E-state index in [1.165, 1.54) is 6.20 Å². The molecular weight excluding hydrogens is 330 g/mol. The van der Waals surface area contributed by atoms with Gasteiger partial charge in [0.1, 0.15) is 0 Å². The zero-order chi connectivity index (χ0) is 18.3. The summed E-state index contributed by atoms with van der Waals surface area (Å²) in [7, 11) is 0. The van der Waals surface area contributed by atoms with Crippen LogP contribution in [0.2, 0.25) is 0 Å². The fourth-order valence-electron chi connectivity index (χ4n) is 2.90. The molecule has 26 heavy (non-hydrogen) atoms. The molecule has 0 aliphatic carbocycles. The highest BCUT2D eigenvalue weighted by atomic mass is 16.5. The lowest BCUT2D eigenvalue weighted by Gasteiger charge is -2.12. The van der Waals surface area contributed by atoms with Crippen molar-refractivity contribution in [3.8, 4) is 5.69 Å². The van der Waals surface area contributed by atoms with Crippen LogP contribution >= 0.6 is 0 Å². The predicted molar refractivity (Wildman–Crippen MR) is 97.5 cm³/mol. The minimum atomic E-state index is -0.256. The van der Waals surface area contributed by atoms with E-state index in [9.17, 15) is 4.79 Å². The van der Waals surface area contributed by atoms with E-state index in [0.717, 1.165) is 22.5 Å². The van der Waals surface area contributed by atoms with Gasteiger partial charge in [-0.2, -0.15) is 5.10 Å².